The monoisotopic (exact) mass is 428 g/mol. The fourth-order valence-corrected chi connectivity index (χ4v) is 4.58. The Morgan fingerprint density at radius 1 is 0.935 bits per heavy atom. The van der Waals surface area contributed by atoms with E-state index in [1.807, 2.05) is 0 Å². The second-order valence-electron chi connectivity index (χ2n) is 7.62. The third kappa shape index (κ3) is 2.29. The quantitative estimate of drug-likeness (QED) is 0.496. The Morgan fingerprint density at radius 2 is 1.58 bits per heavy atom. The van der Waals surface area contributed by atoms with Gasteiger partial charge >= 0.3 is 22.8 Å². The van der Waals surface area contributed by atoms with E-state index in [4.69, 9.17) is 4.74 Å². The molecule has 2 aliphatic heterocycles. The van der Waals surface area contributed by atoms with Gasteiger partial charge in [-0.3, -0.25) is 0 Å². The number of allylic oxidation sites excluding steroid dienone is 2. The lowest BCUT2D eigenvalue weighted by atomic mass is 9.89. The van der Waals surface area contributed by atoms with Crippen molar-refractivity contribution in [1.29, 1.82) is 0 Å². The van der Waals surface area contributed by atoms with Gasteiger partial charge in [-0.1, -0.05) is 18.2 Å². The molecule has 0 bridgehead atoms. The van der Waals surface area contributed by atoms with Gasteiger partial charge in [-0.2, -0.15) is 0 Å². The second kappa shape index (κ2) is 6.27. The van der Waals surface area contributed by atoms with Crippen LogP contribution >= 0.6 is 0 Å². The number of methoxy groups -OCH3 is 1. The van der Waals surface area contributed by atoms with Gasteiger partial charge in [-0.05, 0) is 11.6 Å². The molecule has 4 heterocycles. The minimum absolute atomic E-state index is 0.00859. The van der Waals surface area contributed by atoms with Crippen LogP contribution in [0.15, 0.2) is 49.0 Å². The van der Waals surface area contributed by atoms with Crippen molar-refractivity contribution in [3.05, 3.63) is 77.3 Å². The molecule has 1 N–H and O–H groups in total. The summed E-state index contributed by atoms with van der Waals surface area (Å²) in [5.41, 5.74) is -1.13. The highest BCUT2D eigenvalue weighted by Crippen LogP contribution is 2.43. The van der Waals surface area contributed by atoms with Crippen LogP contribution in [-0.4, -0.2) is 40.1 Å². The van der Waals surface area contributed by atoms with Gasteiger partial charge in [0.2, 0.25) is 0 Å². The van der Waals surface area contributed by atoms with E-state index in [1.165, 1.54) is 39.9 Å². The Hall–Kier alpha value is -3.96. The number of hydrogen-bond donors (Lipinski definition) is 1. The predicted octanol–water partition coefficient (Wildman–Crippen LogP) is -1.49. The highest BCUT2D eigenvalue weighted by Gasteiger charge is 2.41. The number of phenolic OH excluding ortho intramolecular Hbond substituents is 1. The third-order valence-electron chi connectivity index (χ3n) is 6.13. The molecule has 3 aromatic rings. The van der Waals surface area contributed by atoms with E-state index < -0.39 is 34.8 Å². The number of benzene rings is 1. The summed E-state index contributed by atoms with van der Waals surface area (Å²) in [7, 11) is 4.17. The maximum absolute atomic E-state index is 13.0. The average Bonchev–Trinajstić information content (AvgIpc) is 3.12. The minimum atomic E-state index is -0.869. The van der Waals surface area contributed by atoms with Gasteiger partial charge < -0.3 is 9.84 Å². The van der Waals surface area contributed by atoms with Crippen molar-refractivity contribution in [2.24, 2.45) is 14.1 Å². The summed E-state index contributed by atoms with van der Waals surface area (Å²) in [4.78, 5) is 51.0. The molecule has 0 saturated heterocycles. The van der Waals surface area contributed by atoms with Crippen LogP contribution in [0, 0.1) is 0 Å². The molecule has 12 nitrogen and oxygen atoms in total. The first-order chi connectivity index (χ1) is 14.8. The lowest BCUT2D eigenvalue weighted by Crippen LogP contribution is -2.46. The Labute approximate surface area is 173 Å². The minimum Gasteiger partial charge on any atom is -0.504 e. The highest BCUT2D eigenvalue weighted by atomic mass is 16.5. The van der Waals surface area contributed by atoms with E-state index in [0.717, 1.165) is 9.13 Å². The molecule has 1 aromatic carbocycles. The van der Waals surface area contributed by atoms with Crippen molar-refractivity contribution in [2.75, 3.05) is 7.11 Å². The van der Waals surface area contributed by atoms with Crippen LogP contribution in [0.25, 0.3) is 0 Å². The van der Waals surface area contributed by atoms with Crippen LogP contribution in [0.4, 0.5) is 0 Å². The molecular formula is C19H20N6O6. The molecule has 31 heavy (non-hydrogen) atoms. The van der Waals surface area contributed by atoms with E-state index in [1.54, 1.807) is 24.3 Å². The summed E-state index contributed by atoms with van der Waals surface area (Å²) in [6.07, 6.45) is 1.77. The second-order valence-corrected chi connectivity index (χ2v) is 7.62. The van der Waals surface area contributed by atoms with Gasteiger partial charge in [0, 0.05) is 19.7 Å². The topological polar surface area (TPSA) is 127 Å². The standard InChI is InChI=1S/C19H20N6O6/c1-20-16(27)22-8-7-10-12(24(22)18(20)29)9-23-17(28)21(2)19(30)25(23)14(10)11-5-4-6-13(31-3)15(11)26/h4-7,12,14,26H,8-9H2,1-3H3/t12-,14-/m1/s1. The molecule has 0 fully saturated rings. The average molecular weight is 428 g/mol. The zero-order chi connectivity index (χ0) is 22.2. The first kappa shape index (κ1) is 19.0. The molecular weight excluding hydrogens is 408 g/mol. The van der Waals surface area contributed by atoms with Gasteiger partial charge in [0.15, 0.2) is 11.5 Å². The van der Waals surface area contributed by atoms with E-state index in [2.05, 4.69) is 0 Å². The van der Waals surface area contributed by atoms with Crippen LogP contribution in [0.2, 0.25) is 0 Å². The number of aromatic hydroxyl groups is 1. The van der Waals surface area contributed by atoms with Crippen molar-refractivity contribution in [3.8, 4) is 11.5 Å². The number of nitrogens with zero attached hydrogens (tertiary/aromatic N) is 6. The van der Waals surface area contributed by atoms with Gasteiger partial charge in [0.25, 0.3) is 0 Å². The Bertz CT molecular complexity index is 1510. The molecule has 2 aliphatic rings. The van der Waals surface area contributed by atoms with Crippen LogP contribution in [0.3, 0.4) is 0 Å². The molecule has 0 saturated carbocycles. The van der Waals surface area contributed by atoms with Gasteiger partial charge in [-0.15, -0.1) is 0 Å². The number of ether oxygens (including phenoxy) is 1. The highest BCUT2D eigenvalue weighted by molar-refractivity contribution is 5.50. The van der Waals surface area contributed by atoms with Crippen LogP contribution in [-0.2, 0) is 27.2 Å². The fraction of sp³-hybridized carbons (Fsp3) is 0.368. The Balaban J connectivity index is 1.85. The predicted molar refractivity (Wildman–Crippen MR) is 108 cm³/mol. The maximum atomic E-state index is 13.0. The molecule has 0 amide bonds. The van der Waals surface area contributed by atoms with Crippen LogP contribution < -0.4 is 27.5 Å². The Kier molecular flexibility index (Phi) is 3.85. The fourth-order valence-electron chi connectivity index (χ4n) is 4.58. The number of para-hydroxylation sites is 1. The third-order valence-corrected chi connectivity index (χ3v) is 6.13. The van der Waals surface area contributed by atoms with Crippen LogP contribution in [0.1, 0.15) is 17.6 Å². The SMILES string of the molecule is COc1cccc([C@H]2C3=CCn4c(=O)n(C)c(=O)n4[C@@H]3Cn3c(=O)n(C)c(=O)n32)c1O. The molecule has 5 rings (SSSR count). The molecule has 0 unspecified atom stereocenters. The summed E-state index contributed by atoms with van der Waals surface area (Å²) in [6.45, 7) is 0.110. The number of hydrogen-bond acceptors (Lipinski definition) is 6. The first-order valence-electron chi connectivity index (χ1n) is 9.60. The van der Waals surface area contributed by atoms with Crippen molar-refractivity contribution in [1.82, 2.24) is 27.9 Å². The lowest BCUT2D eigenvalue weighted by molar-refractivity contribution is 0.243. The van der Waals surface area contributed by atoms with Crippen molar-refractivity contribution in [2.45, 2.75) is 25.2 Å². The van der Waals surface area contributed by atoms with Gasteiger partial charge in [0.1, 0.15) is 6.04 Å². The van der Waals surface area contributed by atoms with Crippen molar-refractivity contribution in [3.63, 3.8) is 0 Å². The molecule has 0 radical (unpaired) electrons. The molecule has 0 spiro atoms. The zero-order valence-corrected chi connectivity index (χ0v) is 17.1. The van der Waals surface area contributed by atoms with Crippen molar-refractivity contribution < 1.29 is 9.84 Å². The largest absolute Gasteiger partial charge is 0.504 e. The van der Waals surface area contributed by atoms with E-state index >= 15 is 0 Å². The van der Waals surface area contributed by atoms with E-state index in [9.17, 15) is 24.3 Å². The summed E-state index contributed by atoms with van der Waals surface area (Å²) in [6, 6.07) is 3.32. The number of phenols is 1. The lowest BCUT2D eigenvalue weighted by Gasteiger charge is -2.37. The number of aromatic nitrogens is 6. The van der Waals surface area contributed by atoms with E-state index in [0.29, 0.717) is 11.1 Å². The summed E-state index contributed by atoms with van der Waals surface area (Å²) in [5.74, 6) is 0.0392. The summed E-state index contributed by atoms with van der Waals surface area (Å²) < 4.78 is 12.3. The summed E-state index contributed by atoms with van der Waals surface area (Å²) in [5, 5.41) is 10.8. The van der Waals surface area contributed by atoms with Gasteiger partial charge in [0.05, 0.1) is 26.2 Å². The normalized spacial score (nSPS) is 19.4. The molecule has 2 atom stereocenters. The van der Waals surface area contributed by atoms with Crippen LogP contribution in [0.5, 0.6) is 11.5 Å². The molecule has 0 aliphatic carbocycles. The molecule has 2 aromatic heterocycles. The maximum Gasteiger partial charge on any atom is 0.347 e. The number of fused-ring (bicyclic) bond motifs is 4. The zero-order valence-electron chi connectivity index (χ0n) is 17.1. The Morgan fingerprint density at radius 3 is 2.26 bits per heavy atom. The smallest absolute Gasteiger partial charge is 0.347 e. The summed E-state index contributed by atoms with van der Waals surface area (Å²) >= 11 is 0. The first-order valence-corrected chi connectivity index (χ1v) is 9.60. The molecule has 12 heteroatoms. The van der Waals surface area contributed by atoms with Crippen molar-refractivity contribution >= 4 is 0 Å². The van der Waals surface area contributed by atoms with E-state index in [-0.39, 0.29) is 24.6 Å². The van der Waals surface area contributed by atoms with Gasteiger partial charge in [-0.25, -0.2) is 47.0 Å². The molecule has 162 valence electrons. The number of rotatable bonds is 2.